The first-order valence-electron chi connectivity index (χ1n) is 11.4. The maximum absolute atomic E-state index is 13.3. The number of piperazine rings is 1. The third kappa shape index (κ3) is 7.60. The van der Waals surface area contributed by atoms with Gasteiger partial charge in [0, 0.05) is 13.1 Å². The first-order valence-corrected chi connectivity index (χ1v) is 14.3. The van der Waals surface area contributed by atoms with Gasteiger partial charge in [-0.2, -0.15) is 0 Å². The molecule has 33 heavy (non-hydrogen) atoms. The average molecular weight is 489 g/mol. The lowest BCUT2D eigenvalue weighted by atomic mass is 9.95. The number of nitrogens with zero attached hydrogens (tertiary/aromatic N) is 2. The van der Waals surface area contributed by atoms with E-state index in [2.05, 4.69) is 33.9 Å². The smallest absolute Gasteiger partial charge is 0.411 e. The van der Waals surface area contributed by atoms with Crippen molar-refractivity contribution in [3.05, 3.63) is 0 Å². The Labute approximate surface area is 200 Å². The highest BCUT2D eigenvalue weighted by Crippen LogP contribution is 2.38. The first-order chi connectivity index (χ1) is 14.7. The van der Waals surface area contributed by atoms with Crippen molar-refractivity contribution in [1.82, 2.24) is 9.80 Å². The van der Waals surface area contributed by atoms with Crippen LogP contribution in [0.25, 0.3) is 0 Å². The minimum absolute atomic E-state index is 0.0735. The van der Waals surface area contributed by atoms with Crippen LogP contribution < -0.4 is 0 Å². The van der Waals surface area contributed by atoms with E-state index >= 15 is 0 Å². The molecule has 1 rings (SSSR count). The Morgan fingerprint density at radius 2 is 1.33 bits per heavy atom. The van der Waals surface area contributed by atoms with E-state index in [-0.39, 0.29) is 31.3 Å². The van der Waals surface area contributed by atoms with Crippen LogP contribution in [0.3, 0.4) is 0 Å². The normalized spacial score (nSPS) is 20.4. The minimum atomic E-state index is -2.31. The number of methoxy groups -OCH3 is 1. The molecular weight excluding hydrogens is 444 g/mol. The van der Waals surface area contributed by atoms with E-state index < -0.39 is 43.2 Å². The lowest BCUT2D eigenvalue weighted by Gasteiger charge is -2.49. The number of amides is 2. The lowest BCUT2D eigenvalue weighted by molar-refractivity contribution is -0.162. The van der Waals surface area contributed by atoms with Crippen LogP contribution in [0.5, 0.6) is 0 Å². The molecule has 1 atom stereocenters. The zero-order valence-electron chi connectivity index (χ0n) is 22.6. The van der Waals surface area contributed by atoms with Crippen molar-refractivity contribution in [3.8, 4) is 0 Å². The molecule has 1 saturated heterocycles. The molecule has 1 fully saturated rings. The molecule has 0 aliphatic carbocycles. The van der Waals surface area contributed by atoms with Gasteiger partial charge >= 0.3 is 18.2 Å². The summed E-state index contributed by atoms with van der Waals surface area (Å²) in [6.45, 7) is 21.0. The van der Waals surface area contributed by atoms with E-state index in [4.69, 9.17) is 18.6 Å². The Hall–Kier alpha value is -1.81. The molecule has 0 spiro atoms. The Bertz CT molecular complexity index is 735. The summed E-state index contributed by atoms with van der Waals surface area (Å²) >= 11 is 0. The molecule has 0 aromatic rings. The Morgan fingerprint density at radius 1 is 0.848 bits per heavy atom. The second-order valence-electron chi connectivity index (χ2n) is 12.1. The minimum Gasteiger partial charge on any atom is -0.467 e. The molecule has 192 valence electrons. The highest BCUT2D eigenvalue weighted by atomic mass is 28.4. The van der Waals surface area contributed by atoms with Gasteiger partial charge in [0.1, 0.15) is 11.2 Å². The van der Waals surface area contributed by atoms with Crippen molar-refractivity contribution in [3.63, 3.8) is 0 Å². The van der Waals surface area contributed by atoms with Gasteiger partial charge in [-0.15, -0.1) is 0 Å². The SMILES string of the molecule is COC(=O)C1(CO[Si](C)(C)C(C)(C)C)CN(C(=O)OC(C)(C)C)CCN1C(=O)OC(C)(C)C. The van der Waals surface area contributed by atoms with Gasteiger partial charge in [0.15, 0.2) is 13.9 Å². The predicted molar refractivity (Wildman–Crippen MR) is 129 cm³/mol. The van der Waals surface area contributed by atoms with Crippen LogP contribution >= 0.6 is 0 Å². The topological polar surface area (TPSA) is 94.6 Å². The van der Waals surface area contributed by atoms with Crippen molar-refractivity contribution < 1.29 is 33.0 Å². The van der Waals surface area contributed by atoms with E-state index in [0.29, 0.717) is 0 Å². The van der Waals surface area contributed by atoms with E-state index in [9.17, 15) is 14.4 Å². The molecule has 2 amide bonds. The number of carbonyl (C=O) groups excluding carboxylic acids is 3. The summed E-state index contributed by atoms with van der Waals surface area (Å²) in [5, 5.41) is -0.124. The van der Waals surface area contributed by atoms with Gasteiger partial charge in [0.2, 0.25) is 0 Å². The van der Waals surface area contributed by atoms with Crippen LogP contribution in [0.1, 0.15) is 62.3 Å². The Kier molecular flexibility index (Phi) is 8.69. The van der Waals surface area contributed by atoms with Crippen molar-refractivity contribution in [2.24, 2.45) is 0 Å². The second-order valence-corrected chi connectivity index (χ2v) is 16.9. The number of hydrogen-bond acceptors (Lipinski definition) is 7. The van der Waals surface area contributed by atoms with Gasteiger partial charge in [0.05, 0.1) is 20.3 Å². The van der Waals surface area contributed by atoms with Crippen molar-refractivity contribution in [2.75, 3.05) is 33.4 Å². The van der Waals surface area contributed by atoms with Crippen LogP contribution in [0.2, 0.25) is 18.1 Å². The highest BCUT2D eigenvalue weighted by Gasteiger charge is 2.55. The van der Waals surface area contributed by atoms with Crippen LogP contribution in [0.4, 0.5) is 9.59 Å². The molecule has 1 aliphatic heterocycles. The third-order valence-corrected chi connectivity index (χ3v) is 10.3. The summed E-state index contributed by atoms with van der Waals surface area (Å²) in [4.78, 5) is 42.1. The molecule has 0 aromatic carbocycles. The summed E-state index contributed by atoms with van der Waals surface area (Å²) in [5.41, 5.74) is -3.03. The van der Waals surface area contributed by atoms with Crippen molar-refractivity contribution in [1.29, 1.82) is 0 Å². The van der Waals surface area contributed by atoms with Crippen LogP contribution in [0, 0.1) is 0 Å². The molecule has 1 aliphatic rings. The van der Waals surface area contributed by atoms with Gasteiger partial charge in [-0.05, 0) is 59.7 Å². The van der Waals surface area contributed by atoms with E-state index in [1.54, 1.807) is 41.5 Å². The van der Waals surface area contributed by atoms with Gasteiger partial charge in [-0.1, -0.05) is 20.8 Å². The highest BCUT2D eigenvalue weighted by molar-refractivity contribution is 6.74. The molecular formula is C23H44N2O7Si. The van der Waals surface area contributed by atoms with E-state index in [1.807, 2.05) is 0 Å². The van der Waals surface area contributed by atoms with E-state index in [0.717, 1.165) is 0 Å². The second kappa shape index (κ2) is 9.81. The zero-order valence-corrected chi connectivity index (χ0v) is 23.6. The molecule has 0 bridgehead atoms. The van der Waals surface area contributed by atoms with Crippen molar-refractivity contribution in [2.45, 2.75) is 97.2 Å². The number of hydrogen-bond donors (Lipinski definition) is 0. The summed E-state index contributed by atoms with van der Waals surface area (Å²) in [6.07, 6.45) is -1.22. The maximum Gasteiger partial charge on any atom is 0.411 e. The van der Waals surface area contributed by atoms with Gasteiger partial charge in [-0.3, -0.25) is 4.90 Å². The molecule has 1 heterocycles. The van der Waals surface area contributed by atoms with E-state index in [1.165, 1.54) is 16.9 Å². The van der Waals surface area contributed by atoms with Crippen LogP contribution in [-0.2, 0) is 23.4 Å². The van der Waals surface area contributed by atoms with Gasteiger partial charge < -0.3 is 23.5 Å². The molecule has 9 nitrogen and oxygen atoms in total. The number of carbonyl (C=O) groups is 3. The fraction of sp³-hybridized carbons (Fsp3) is 0.870. The fourth-order valence-corrected chi connectivity index (χ4v) is 4.08. The monoisotopic (exact) mass is 488 g/mol. The molecule has 0 radical (unpaired) electrons. The summed E-state index contributed by atoms with van der Waals surface area (Å²) in [6, 6.07) is 0. The summed E-state index contributed by atoms with van der Waals surface area (Å²) in [7, 11) is -1.05. The fourth-order valence-electron chi connectivity index (χ4n) is 3.04. The summed E-state index contributed by atoms with van der Waals surface area (Å²) < 4.78 is 22.7. The Morgan fingerprint density at radius 3 is 1.76 bits per heavy atom. The third-order valence-electron chi connectivity index (χ3n) is 5.87. The molecule has 10 heteroatoms. The molecule has 0 saturated carbocycles. The standard InChI is InChI=1S/C23H44N2O7Si/c1-20(2,3)31-18(27)24-13-14-25(19(28)32-21(4,5)6)23(15-24,17(26)29-10)16-30-33(11,12)22(7,8)9/h13-16H2,1-12H3. The molecule has 0 aromatic heterocycles. The predicted octanol–water partition coefficient (Wildman–Crippen LogP) is 4.41. The van der Waals surface area contributed by atoms with Crippen molar-refractivity contribution >= 4 is 26.5 Å². The number of rotatable bonds is 4. The quantitative estimate of drug-likeness (QED) is 0.329. The zero-order chi connectivity index (χ0) is 26.0. The Balaban J connectivity index is 3.45. The molecule has 1 unspecified atom stereocenters. The molecule has 0 N–H and O–H groups in total. The van der Waals surface area contributed by atoms with Crippen LogP contribution in [-0.4, -0.2) is 86.4 Å². The van der Waals surface area contributed by atoms with Gasteiger partial charge in [0.25, 0.3) is 0 Å². The lowest BCUT2D eigenvalue weighted by Crippen LogP contribution is -2.71. The van der Waals surface area contributed by atoms with Crippen LogP contribution in [0.15, 0.2) is 0 Å². The maximum atomic E-state index is 13.3. The average Bonchev–Trinajstić information content (AvgIpc) is 2.61. The first kappa shape index (κ1) is 29.2. The largest absolute Gasteiger partial charge is 0.467 e. The summed E-state index contributed by atoms with van der Waals surface area (Å²) in [5.74, 6) is -0.666. The number of esters is 1. The van der Waals surface area contributed by atoms with Gasteiger partial charge in [-0.25, -0.2) is 14.4 Å². The number of ether oxygens (including phenoxy) is 3.